The number of anilines is 1. The van der Waals surface area contributed by atoms with Crippen LogP contribution in [0.25, 0.3) is 5.69 Å². The molecule has 3 aromatic rings. The Morgan fingerprint density at radius 1 is 1.07 bits per heavy atom. The van der Waals surface area contributed by atoms with Crippen molar-refractivity contribution in [3.05, 3.63) is 81.8 Å². The summed E-state index contributed by atoms with van der Waals surface area (Å²) < 4.78 is 11.2. The normalized spacial score (nSPS) is 10.4. The van der Waals surface area contributed by atoms with Gasteiger partial charge >= 0.3 is 5.97 Å². The molecule has 30 heavy (non-hydrogen) atoms. The summed E-state index contributed by atoms with van der Waals surface area (Å²) in [5.74, 6) is -0.651. The molecule has 0 aliphatic carbocycles. The molecular formula is C22H21N3O5. The first-order valence-corrected chi connectivity index (χ1v) is 9.27. The van der Waals surface area contributed by atoms with Gasteiger partial charge in [-0.2, -0.15) is 9.78 Å². The van der Waals surface area contributed by atoms with Crippen LogP contribution in [0.5, 0.6) is 5.75 Å². The van der Waals surface area contributed by atoms with E-state index in [-0.39, 0.29) is 18.0 Å². The molecule has 2 aromatic carbocycles. The van der Waals surface area contributed by atoms with E-state index in [0.29, 0.717) is 17.0 Å². The van der Waals surface area contributed by atoms with Crippen LogP contribution in [-0.4, -0.2) is 35.4 Å². The van der Waals surface area contributed by atoms with Crippen LogP contribution < -0.4 is 15.6 Å². The zero-order chi connectivity index (χ0) is 21.7. The Kier molecular flexibility index (Phi) is 6.26. The quantitative estimate of drug-likeness (QED) is 0.631. The molecule has 0 atom stereocenters. The minimum atomic E-state index is -0.747. The zero-order valence-electron chi connectivity index (χ0n) is 16.8. The van der Waals surface area contributed by atoms with Crippen molar-refractivity contribution in [3.8, 4) is 11.4 Å². The number of benzene rings is 2. The highest BCUT2D eigenvalue weighted by Gasteiger charge is 2.20. The highest BCUT2D eigenvalue weighted by atomic mass is 16.5. The molecule has 0 bridgehead atoms. The Morgan fingerprint density at radius 2 is 1.73 bits per heavy atom. The van der Waals surface area contributed by atoms with Crippen LogP contribution in [0.4, 0.5) is 5.69 Å². The second-order valence-electron chi connectivity index (χ2n) is 6.40. The van der Waals surface area contributed by atoms with Gasteiger partial charge in [0.2, 0.25) is 0 Å². The predicted octanol–water partition coefficient (Wildman–Crippen LogP) is 2.98. The molecule has 0 saturated carbocycles. The molecule has 0 aliphatic heterocycles. The van der Waals surface area contributed by atoms with Crippen LogP contribution in [0.1, 0.15) is 33.3 Å². The van der Waals surface area contributed by atoms with Gasteiger partial charge < -0.3 is 14.8 Å². The van der Waals surface area contributed by atoms with Crippen molar-refractivity contribution in [1.29, 1.82) is 0 Å². The number of carbonyl (C=O) groups excluding carboxylic acids is 2. The number of aromatic nitrogens is 2. The number of carbonyl (C=O) groups is 2. The number of amides is 1. The molecule has 1 amide bonds. The lowest BCUT2D eigenvalue weighted by Gasteiger charge is -2.12. The number of ether oxygens (including phenoxy) is 2. The van der Waals surface area contributed by atoms with E-state index in [9.17, 15) is 14.4 Å². The number of esters is 1. The molecule has 1 N–H and O–H groups in total. The second-order valence-corrected chi connectivity index (χ2v) is 6.40. The Morgan fingerprint density at radius 3 is 2.33 bits per heavy atom. The van der Waals surface area contributed by atoms with Crippen molar-refractivity contribution in [2.24, 2.45) is 0 Å². The van der Waals surface area contributed by atoms with Gasteiger partial charge in [0.15, 0.2) is 5.69 Å². The standard InChI is InChI=1S/C22H21N3O5/c1-4-30-22(28)20-18(23-21(27)15-7-11-17(29-3)12-8-15)13-19(26)25(24-20)16-9-5-14(2)6-10-16/h5-13H,4H2,1-3H3,(H,23,27). The average Bonchev–Trinajstić information content (AvgIpc) is 2.75. The average molecular weight is 407 g/mol. The highest BCUT2D eigenvalue weighted by molar-refractivity contribution is 6.07. The Hall–Kier alpha value is -3.94. The second kappa shape index (κ2) is 9.04. The van der Waals surface area contributed by atoms with Crippen LogP contribution in [0, 0.1) is 6.92 Å². The summed E-state index contributed by atoms with van der Waals surface area (Å²) in [5, 5.41) is 6.74. The summed E-state index contributed by atoms with van der Waals surface area (Å²) >= 11 is 0. The molecule has 0 radical (unpaired) electrons. The van der Waals surface area contributed by atoms with Crippen LogP contribution in [0.15, 0.2) is 59.4 Å². The lowest BCUT2D eigenvalue weighted by Crippen LogP contribution is -2.27. The Bertz CT molecular complexity index is 1120. The minimum Gasteiger partial charge on any atom is -0.497 e. The molecule has 1 aromatic heterocycles. The fourth-order valence-corrected chi connectivity index (χ4v) is 2.71. The molecule has 0 unspecified atom stereocenters. The van der Waals surface area contributed by atoms with Crippen molar-refractivity contribution < 1.29 is 19.1 Å². The first-order chi connectivity index (χ1) is 14.4. The maximum absolute atomic E-state index is 12.6. The van der Waals surface area contributed by atoms with Crippen molar-refractivity contribution in [3.63, 3.8) is 0 Å². The molecular weight excluding hydrogens is 386 g/mol. The van der Waals surface area contributed by atoms with Gasteiger partial charge in [0.25, 0.3) is 11.5 Å². The van der Waals surface area contributed by atoms with Gasteiger partial charge in [-0.15, -0.1) is 0 Å². The predicted molar refractivity (Wildman–Crippen MR) is 111 cm³/mol. The number of hydrogen-bond acceptors (Lipinski definition) is 6. The summed E-state index contributed by atoms with van der Waals surface area (Å²) in [7, 11) is 1.52. The maximum atomic E-state index is 12.6. The van der Waals surface area contributed by atoms with Crippen molar-refractivity contribution in [2.75, 3.05) is 19.0 Å². The zero-order valence-corrected chi connectivity index (χ0v) is 16.8. The molecule has 0 aliphatic rings. The lowest BCUT2D eigenvalue weighted by atomic mass is 10.2. The third-order valence-corrected chi connectivity index (χ3v) is 4.28. The number of aryl methyl sites for hydroxylation is 1. The van der Waals surface area contributed by atoms with Crippen molar-refractivity contribution in [1.82, 2.24) is 9.78 Å². The van der Waals surface area contributed by atoms with Gasteiger partial charge in [-0.1, -0.05) is 17.7 Å². The summed E-state index contributed by atoms with van der Waals surface area (Å²) in [6.45, 7) is 3.70. The molecule has 0 saturated heterocycles. The van der Waals surface area contributed by atoms with Gasteiger partial charge in [-0.25, -0.2) is 4.79 Å². The van der Waals surface area contributed by atoms with Crippen LogP contribution in [-0.2, 0) is 4.74 Å². The van der Waals surface area contributed by atoms with Crippen molar-refractivity contribution in [2.45, 2.75) is 13.8 Å². The molecule has 8 heteroatoms. The highest BCUT2D eigenvalue weighted by Crippen LogP contribution is 2.17. The van der Waals surface area contributed by atoms with E-state index in [2.05, 4.69) is 10.4 Å². The lowest BCUT2D eigenvalue weighted by molar-refractivity contribution is 0.0518. The summed E-state index contributed by atoms with van der Waals surface area (Å²) in [6.07, 6.45) is 0. The molecule has 1 heterocycles. The van der Waals surface area contributed by atoms with E-state index in [4.69, 9.17) is 9.47 Å². The van der Waals surface area contributed by atoms with E-state index in [1.54, 1.807) is 43.3 Å². The third kappa shape index (κ3) is 4.54. The fraction of sp³-hybridized carbons (Fsp3) is 0.182. The van der Waals surface area contributed by atoms with Crippen molar-refractivity contribution >= 4 is 17.6 Å². The molecule has 8 nitrogen and oxygen atoms in total. The fourth-order valence-electron chi connectivity index (χ4n) is 2.71. The first-order valence-electron chi connectivity index (χ1n) is 9.27. The van der Waals surface area contributed by atoms with E-state index in [0.717, 1.165) is 16.3 Å². The van der Waals surface area contributed by atoms with Gasteiger partial charge in [0, 0.05) is 11.6 Å². The number of nitrogens with one attached hydrogen (secondary N) is 1. The molecule has 154 valence electrons. The largest absolute Gasteiger partial charge is 0.497 e. The van der Waals surface area contributed by atoms with E-state index in [1.807, 2.05) is 19.1 Å². The van der Waals surface area contributed by atoms with E-state index in [1.165, 1.54) is 7.11 Å². The topological polar surface area (TPSA) is 99.5 Å². The molecule has 3 rings (SSSR count). The Labute approximate surface area is 173 Å². The summed E-state index contributed by atoms with van der Waals surface area (Å²) in [6, 6.07) is 14.6. The number of methoxy groups -OCH3 is 1. The van der Waals surface area contributed by atoms with Gasteiger partial charge in [0.05, 0.1) is 25.1 Å². The third-order valence-electron chi connectivity index (χ3n) is 4.28. The smallest absolute Gasteiger partial charge is 0.360 e. The van der Waals surface area contributed by atoms with Crippen LogP contribution in [0.2, 0.25) is 0 Å². The Balaban J connectivity index is 2.00. The first kappa shape index (κ1) is 20.8. The maximum Gasteiger partial charge on any atom is 0.360 e. The number of rotatable bonds is 6. The summed E-state index contributed by atoms with van der Waals surface area (Å²) in [4.78, 5) is 37.7. The van der Waals surface area contributed by atoms with E-state index >= 15 is 0 Å². The van der Waals surface area contributed by atoms with Crippen LogP contribution in [0.3, 0.4) is 0 Å². The van der Waals surface area contributed by atoms with E-state index < -0.39 is 17.4 Å². The minimum absolute atomic E-state index is 0.0253. The number of hydrogen-bond donors (Lipinski definition) is 1. The van der Waals surface area contributed by atoms with Gasteiger partial charge in [-0.3, -0.25) is 9.59 Å². The molecule has 0 fully saturated rings. The van der Waals surface area contributed by atoms with Gasteiger partial charge in [-0.05, 0) is 50.2 Å². The number of nitrogens with zero attached hydrogens (tertiary/aromatic N) is 2. The van der Waals surface area contributed by atoms with Gasteiger partial charge in [0.1, 0.15) is 5.75 Å². The molecule has 0 spiro atoms. The summed E-state index contributed by atoms with van der Waals surface area (Å²) in [5.41, 5.74) is 1.14. The monoisotopic (exact) mass is 407 g/mol. The van der Waals surface area contributed by atoms with Crippen LogP contribution >= 0.6 is 0 Å². The SMILES string of the molecule is CCOC(=O)c1nn(-c2ccc(C)cc2)c(=O)cc1NC(=O)c1ccc(OC)cc1.